The van der Waals surface area contributed by atoms with E-state index in [1.165, 1.54) is 12.1 Å². The van der Waals surface area contributed by atoms with Gasteiger partial charge in [0.2, 0.25) is 0 Å². The van der Waals surface area contributed by atoms with Gasteiger partial charge < -0.3 is 0 Å². The summed E-state index contributed by atoms with van der Waals surface area (Å²) in [6.07, 6.45) is 0.853. The molecule has 0 unspecified atom stereocenters. The van der Waals surface area contributed by atoms with Crippen molar-refractivity contribution in [2.24, 2.45) is 0 Å². The quantitative estimate of drug-likeness (QED) is 0.711. The van der Waals surface area contributed by atoms with Gasteiger partial charge in [0, 0.05) is 15.9 Å². The van der Waals surface area contributed by atoms with Crippen molar-refractivity contribution in [3.8, 4) is 0 Å². The summed E-state index contributed by atoms with van der Waals surface area (Å²) in [5.41, 5.74) is 1.15. The van der Waals surface area contributed by atoms with Gasteiger partial charge in [-0.3, -0.25) is 4.79 Å². The van der Waals surface area contributed by atoms with Crippen LogP contribution in [0.5, 0.6) is 0 Å². The summed E-state index contributed by atoms with van der Waals surface area (Å²) in [5, 5.41) is 0.661. The zero-order chi connectivity index (χ0) is 13.8. The molecule has 0 bridgehead atoms. The second-order valence-corrected chi connectivity index (χ2v) is 5.53. The highest BCUT2D eigenvalue weighted by atomic mass is 79.9. The Balaban J connectivity index is 2.03. The molecule has 0 fully saturated rings. The number of carbonyl (C=O) groups excluding carboxylic acids is 1. The third kappa shape index (κ3) is 3.88. The summed E-state index contributed by atoms with van der Waals surface area (Å²) in [6.45, 7) is 0. The van der Waals surface area contributed by atoms with Crippen LogP contribution in [-0.4, -0.2) is 5.78 Å². The van der Waals surface area contributed by atoms with Crippen molar-refractivity contribution in [1.82, 2.24) is 0 Å². The first-order chi connectivity index (χ1) is 9.06. The topological polar surface area (TPSA) is 17.1 Å². The highest BCUT2D eigenvalue weighted by molar-refractivity contribution is 9.10. The van der Waals surface area contributed by atoms with E-state index in [-0.39, 0.29) is 17.8 Å². The van der Waals surface area contributed by atoms with E-state index in [2.05, 4.69) is 15.9 Å². The van der Waals surface area contributed by atoms with Crippen molar-refractivity contribution in [2.75, 3.05) is 0 Å². The van der Waals surface area contributed by atoms with Crippen LogP contribution in [0.1, 0.15) is 22.3 Å². The minimum absolute atomic E-state index is 0.136. The Morgan fingerprint density at radius 3 is 2.47 bits per heavy atom. The molecule has 98 valence electrons. The number of aryl methyl sites for hydroxylation is 1. The van der Waals surface area contributed by atoms with Crippen LogP contribution in [0.15, 0.2) is 46.9 Å². The van der Waals surface area contributed by atoms with Gasteiger partial charge in [0.25, 0.3) is 0 Å². The first kappa shape index (κ1) is 14.2. The number of halogens is 3. The van der Waals surface area contributed by atoms with Crippen molar-refractivity contribution >= 4 is 33.3 Å². The summed E-state index contributed by atoms with van der Waals surface area (Å²) >= 11 is 8.95. The van der Waals surface area contributed by atoms with Crippen molar-refractivity contribution < 1.29 is 9.18 Å². The van der Waals surface area contributed by atoms with E-state index in [0.717, 1.165) is 5.56 Å². The molecule has 1 nitrogen and oxygen atoms in total. The SMILES string of the molecule is O=C(CCc1ccc(Cl)cc1)c1ccc(Br)cc1F. The first-order valence-electron chi connectivity index (χ1n) is 5.79. The molecule has 0 atom stereocenters. The normalized spacial score (nSPS) is 10.5. The third-order valence-corrected chi connectivity index (χ3v) is 3.53. The Labute approximate surface area is 124 Å². The number of Topliss-reactive ketones (excluding diaryl/α,β-unsaturated/α-hetero) is 1. The molecular formula is C15H11BrClFO. The van der Waals surface area contributed by atoms with Crippen LogP contribution >= 0.6 is 27.5 Å². The minimum atomic E-state index is -0.490. The average Bonchev–Trinajstić information content (AvgIpc) is 2.37. The van der Waals surface area contributed by atoms with Crippen molar-refractivity contribution in [3.63, 3.8) is 0 Å². The zero-order valence-electron chi connectivity index (χ0n) is 10.00. The Morgan fingerprint density at radius 2 is 1.84 bits per heavy atom. The van der Waals surface area contributed by atoms with Gasteiger partial charge in [0.05, 0.1) is 5.56 Å². The lowest BCUT2D eigenvalue weighted by Crippen LogP contribution is -2.04. The molecule has 0 radical (unpaired) electrons. The van der Waals surface area contributed by atoms with Gasteiger partial charge in [0.1, 0.15) is 5.82 Å². The summed E-state index contributed by atoms with van der Waals surface area (Å²) < 4.78 is 14.2. The molecule has 0 saturated heterocycles. The Kier molecular flexibility index (Phi) is 4.72. The monoisotopic (exact) mass is 340 g/mol. The van der Waals surface area contributed by atoms with Gasteiger partial charge in [0.15, 0.2) is 5.78 Å². The molecule has 0 aliphatic heterocycles. The summed E-state index contributed by atoms with van der Waals surface area (Å²) in [6, 6.07) is 11.8. The van der Waals surface area contributed by atoms with Crippen molar-refractivity contribution in [3.05, 3.63) is 68.9 Å². The predicted octanol–water partition coefficient (Wildman–Crippen LogP) is 5.06. The smallest absolute Gasteiger partial charge is 0.166 e. The van der Waals surface area contributed by atoms with Gasteiger partial charge >= 0.3 is 0 Å². The van der Waals surface area contributed by atoms with Crippen LogP contribution in [0, 0.1) is 5.82 Å². The molecule has 2 aromatic carbocycles. The molecule has 0 heterocycles. The minimum Gasteiger partial charge on any atom is -0.294 e. The van der Waals surface area contributed by atoms with Gasteiger partial charge in [-0.05, 0) is 42.3 Å². The molecule has 2 rings (SSSR count). The van der Waals surface area contributed by atoms with E-state index in [4.69, 9.17) is 11.6 Å². The molecule has 0 aromatic heterocycles. The number of ketones is 1. The molecule has 0 amide bonds. The lowest BCUT2D eigenvalue weighted by Gasteiger charge is -2.04. The Bertz CT molecular complexity index is 596. The van der Waals surface area contributed by atoms with Gasteiger partial charge in [-0.2, -0.15) is 0 Å². The Hall–Kier alpha value is -1.19. The van der Waals surface area contributed by atoms with E-state index in [9.17, 15) is 9.18 Å². The maximum absolute atomic E-state index is 13.6. The van der Waals surface area contributed by atoms with Crippen LogP contribution in [0.4, 0.5) is 4.39 Å². The second-order valence-electron chi connectivity index (χ2n) is 4.17. The fraction of sp³-hybridized carbons (Fsp3) is 0.133. The number of hydrogen-bond acceptors (Lipinski definition) is 1. The standard InChI is InChI=1S/C15H11BrClFO/c16-11-4-7-13(14(18)9-11)15(19)8-3-10-1-5-12(17)6-2-10/h1-2,4-7,9H,3,8H2. The Morgan fingerprint density at radius 1 is 1.16 bits per heavy atom. The summed E-state index contributed by atoms with van der Waals surface area (Å²) in [7, 11) is 0. The second kappa shape index (κ2) is 6.31. The van der Waals surface area contributed by atoms with E-state index in [1.54, 1.807) is 18.2 Å². The molecule has 0 saturated carbocycles. The number of hydrogen-bond donors (Lipinski definition) is 0. The maximum Gasteiger partial charge on any atom is 0.166 e. The van der Waals surface area contributed by atoms with Crippen molar-refractivity contribution in [1.29, 1.82) is 0 Å². The molecule has 0 aliphatic carbocycles. The lowest BCUT2D eigenvalue weighted by molar-refractivity contribution is 0.0979. The van der Waals surface area contributed by atoms with Crippen LogP contribution in [0.2, 0.25) is 5.02 Å². The van der Waals surface area contributed by atoms with E-state index < -0.39 is 5.82 Å². The van der Waals surface area contributed by atoms with Gasteiger partial charge in [-0.25, -0.2) is 4.39 Å². The fourth-order valence-corrected chi connectivity index (χ4v) is 2.22. The van der Waals surface area contributed by atoms with E-state index in [0.29, 0.717) is 15.9 Å². The third-order valence-electron chi connectivity index (χ3n) is 2.79. The fourth-order valence-electron chi connectivity index (χ4n) is 1.76. The molecule has 2 aromatic rings. The summed E-state index contributed by atoms with van der Waals surface area (Å²) in [4.78, 5) is 11.9. The molecule has 0 spiro atoms. The van der Waals surface area contributed by atoms with Crippen LogP contribution < -0.4 is 0 Å². The largest absolute Gasteiger partial charge is 0.294 e. The molecule has 4 heteroatoms. The number of rotatable bonds is 4. The van der Waals surface area contributed by atoms with E-state index >= 15 is 0 Å². The predicted molar refractivity (Wildman–Crippen MR) is 78.2 cm³/mol. The number of benzene rings is 2. The highest BCUT2D eigenvalue weighted by Crippen LogP contribution is 2.18. The van der Waals surface area contributed by atoms with Gasteiger partial charge in [-0.15, -0.1) is 0 Å². The lowest BCUT2D eigenvalue weighted by atomic mass is 10.0. The maximum atomic E-state index is 13.6. The average molecular weight is 342 g/mol. The summed E-state index contributed by atoms with van der Waals surface area (Å²) in [5.74, 6) is -0.685. The van der Waals surface area contributed by atoms with Crippen molar-refractivity contribution in [2.45, 2.75) is 12.8 Å². The van der Waals surface area contributed by atoms with Crippen LogP contribution in [-0.2, 0) is 6.42 Å². The van der Waals surface area contributed by atoms with Crippen LogP contribution in [0.3, 0.4) is 0 Å². The highest BCUT2D eigenvalue weighted by Gasteiger charge is 2.11. The molecular weight excluding hydrogens is 331 g/mol. The first-order valence-corrected chi connectivity index (χ1v) is 6.96. The van der Waals surface area contributed by atoms with Gasteiger partial charge in [-0.1, -0.05) is 39.7 Å². The zero-order valence-corrected chi connectivity index (χ0v) is 12.3. The molecule has 0 N–H and O–H groups in total. The number of carbonyl (C=O) groups is 1. The van der Waals surface area contributed by atoms with E-state index in [1.807, 2.05) is 12.1 Å². The molecule has 0 aliphatic rings. The molecule has 19 heavy (non-hydrogen) atoms. The van der Waals surface area contributed by atoms with Crippen LogP contribution in [0.25, 0.3) is 0 Å².